The molecule has 324 valence electrons. The maximum Gasteiger partial charge on any atom is 0.245 e. The minimum absolute atomic E-state index is 0.00578. The van der Waals surface area contributed by atoms with E-state index in [0.717, 1.165) is 12.5 Å². The van der Waals surface area contributed by atoms with Crippen LogP contribution in [0.5, 0.6) is 0 Å². The number of benzene rings is 2. The van der Waals surface area contributed by atoms with Crippen LogP contribution in [0.1, 0.15) is 38.4 Å². The summed E-state index contributed by atoms with van der Waals surface area (Å²) in [5.41, 5.74) is 2.53. The molecule has 1 saturated carbocycles. The molecule has 2 saturated heterocycles. The first-order valence-electron chi connectivity index (χ1n) is 20.8. The highest BCUT2D eigenvalue weighted by atomic mass is 19.1. The number of likely N-dealkylation sites (N-methyl/N-ethyl adjacent to an activating group) is 1. The Morgan fingerprint density at radius 3 is 2.52 bits per heavy atom. The fourth-order valence-electron chi connectivity index (χ4n) is 9.88. The Bertz CT molecular complexity index is 2700. The van der Waals surface area contributed by atoms with Gasteiger partial charge in [0.1, 0.15) is 35.0 Å². The molecule has 2 aromatic carbocycles. The van der Waals surface area contributed by atoms with Gasteiger partial charge in [0.15, 0.2) is 11.5 Å². The number of hydrogen-bond donors (Lipinski definition) is 3. The van der Waals surface area contributed by atoms with Crippen LogP contribution in [0.25, 0.3) is 39.0 Å². The van der Waals surface area contributed by atoms with Crippen molar-refractivity contribution in [3.63, 3.8) is 0 Å². The Morgan fingerprint density at radius 2 is 1.76 bits per heavy atom. The monoisotopic (exact) mass is 852 g/mol. The molecular formula is C41H47F3N16O2. The van der Waals surface area contributed by atoms with Crippen LogP contribution in [0.3, 0.4) is 0 Å². The van der Waals surface area contributed by atoms with Crippen molar-refractivity contribution in [3.05, 3.63) is 72.1 Å². The van der Waals surface area contributed by atoms with Gasteiger partial charge < -0.3 is 29.3 Å². The third-order valence-corrected chi connectivity index (χ3v) is 12.7. The molecule has 7 heterocycles. The first kappa shape index (κ1) is 40.1. The number of nitrogens with zero attached hydrogens (tertiary/aromatic N) is 13. The summed E-state index contributed by atoms with van der Waals surface area (Å²) >= 11 is 0. The largest absolute Gasteiger partial charge is 0.375 e. The average molecular weight is 853 g/mol. The van der Waals surface area contributed by atoms with Gasteiger partial charge in [-0.15, -0.1) is 0 Å². The van der Waals surface area contributed by atoms with E-state index >= 15 is 8.78 Å². The van der Waals surface area contributed by atoms with E-state index in [4.69, 9.17) is 36.4 Å². The minimum Gasteiger partial charge on any atom is -0.375 e. The SMILES string of the molecule is CCO[C@H]1CN(C)C(=O)[C@@H]2C[C@@H](CN2c2nc(N3C4CC3CC(N(N)N(C)N)C4)nc3c2cnn3-c2ccc(F)cc2F)Nc2nccc(n2)-c2cc(F)cc3nc(C)n(c23)C1. The lowest BCUT2D eigenvalue weighted by Gasteiger charge is -2.56. The van der Waals surface area contributed by atoms with Crippen LogP contribution in [0, 0.1) is 24.4 Å². The molecule has 6 aromatic rings. The maximum absolute atomic E-state index is 15.5. The molecule has 0 spiro atoms. The van der Waals surface area contributed by atoms with Gasteiger partial charge >= 0.3 is 0 Å². The van der Waals surface area contributed by atoms with Crippen molar-refractivity contribution in [2.24, 2.45) is 11.7 Å². The molecule has 5 N–H and O–H groups in total. The van der Waals surface area contributed by atoms with Crippen molar-refractivity contribution in [2.75, 3.05) is 48.9 Å². The highest BCUT2D eigenvalue weighted by Gasteiger charge is 2.49. The summed E-state index contributed by atoms with van der Waals surface area (Å²) in [6.45, 7) is 5.00. The molecule has 18 nitrogen and oxygen atoms in total. The van der Waals surface area contributed by atoms with Crippen molar-refractivity contribution in [1.82, 2.24) is 54.4 Å². The summed E-state index contributed by atoms with van der Waals surface area (Å²) in [7, 11) is 3.45. The lowest BCUT2D eigenvalue weighted by atomic mass is 9.77. The van der Waals surface area contributed by atoms with Crippen LogP contribution in [0.2, 0.25) is 0 Å². The average Bonchev–Trinajstić information content (AvgIpc) is 3.94. The molecule has 1 aliphatic carbocycles. The smallest absolute Gasteiger partial charge is 0.245 e. The number of hydrazine groups is 3. The van der Waals surface area contributed by atoms with Gasteiger partial charge in [-0.3, -0.25) is 16.5 Å². The lowest BCUT2D eigenvalue weighted by Crippen LogP contribution is -2.68. The number of halogens is 3. The molecule has 1 amide bonds. The minimum atomic E-state index is -0.814. The number of nitrogens with two attached hydrogens (primary N) is 2. The van der Waals surface area contributed by atoms with Crippen LogP contribution >= 0.6 is 0 Å². The Morgan fingerprint density at radius 1 is 0.952 bits per heavy atom. The molecule has 5 atom stereocenters. The predicted octanol–water partition coefficient (Wildman–Crippen LogP) is 3.29. The van der Waals surface area contributed by atoms with E-state index in [-0.39, 0.29) is 54.5 Å². The number of aromatic nitrogens is 8. The molecule has 3 aliphatic heterocycles. The predicted molar refractivity (Wildman–Crippen MR) is 224 cm³/mol. The summed E-state index contributed by atoms with van der Waals surface area (Å²) in [6, 6.07) is 6.82. The van der Waals surface area contributed by atoms with Gasteiger partial charge in [0, 0.05) is 81.9 Å². The highest BCUT2D eigenvalue weighted by Crippen LogP contribution is 2.44. The van der Waals surface area contributed by atoms with Crippen molar-refractivity contribution in [3.8, 4) is 16.9 Å². The fraction of sp³-hybridized carbons (Fsp3) is 0.439. The molecule has 0 radical (unpaired) electrons. The van der Waals surface area contributed by atoms with Crippen LogP contribution in [0.15, 0.2) is 48.8 Å². The van der Waals surface area contributed by atoms with E-state index in [1.807, 2.05) is 23.3 Å². The van der Waals surface area contributed by atoms with Crippen LogP contribution in [-0.4, -0.2) is 130 Å². The van der Waals surface area contributed by atoms with Gasteiger partial charge in [-0.2, -0.15) is 25.3 Å². The van der Waals surface area contributed by atoms with Crippen molar-refractivity contribution in [1.29, 1.82) is 0 Å². The molecule has 6 bridgehead atoms. The second-order valence-electron chi connectivity index (χ2n) is 16.7. The van der Waals surface area contributed by atoms with Gasteiger partial charge in [0.05, 0.1) is 41.0 Å². The number of piperidine rings is 1. The topological polar surface area (TPSA) is 194 Å². The number of carbonyl (C=O) groups excluding carboxylic acids is 1. The first-order valence-corrected chi connectivity index (χ1v) is 20.8. The van der Waals surface area contributed by atoms with Gasteiger partial charge in [-0.25, -0.2) is 32.8 Å². The number of carbonyl (C=O) groups is 1. The van der Waals surface area contributed by atoms with E-state index in [0.29, 0.717) is 83.6 Å². The van der Waals surface area contributed by atoms with Gasteiger partial charge in [0.25, 0.3) is 0 Å². The van der Waals surface area contributed by atoms with Crippen LogP contribution in [0.4, 0.5) is 30.9 Å². The number of rotatable bonds is 7. The number of aryl methyl sites for hydroxylation is 1. The van der Waals surface area contributed by atoms with Crippen molar-refractivity contribution < 1.29 is 22.7 Å². The van der Waals surface area contributed by atoms with E-state index in [9.17, 15) is 9.18 Å². The zero-order valence-corrected chi connectivity index (χ0v) is 34.7. The lowest BCUT2D eigenvalue weighted by molar-refractivity contribution is -0.133. The standard InChI is InChI=1S/C41H47F3N16O2/c1-5-62-28-19-54(3)39(61)35-13-24(50-40-47-9-8-32(51-40)29-10-23(43)12-33-36(29)56(20-28)21(2)49-33)18-57(35)37-30-17-48-59(34-7-6-22(42)11-31(34)44)38(30)53-41(52-37)58-25-14-26(58)16-27(15-25)60(46)55(4)45/h6-12,17,24-28,35H,5,13-16,18-20,45-46H2,1-4H3,(H,47,50,51)/t24-,25?,26?,27?,28-,35-/m0/s1. The number of anilines is 3. The summed E-state index contributed by atoms with van der Waals surface area (Å²) in [5, 5.41) is 11.4. The van der Waals surface area contributed by atoms with Gasteiger partial charge in [0.2, 0.25) is 17.8 Å². The molecule has 21 heteroatoms. The van der Waals surface area contributed by atoms with E-state index in [2.05, 4.69) is 20.3 Å². The van der Waals surface area contributed by atoms with E-state index in [1.54, 1.807) is 37.5 Å². The van der Waals surface area contributed by atoms with Crippen molar-refractivity contribution >= 4 is 45.7 Å². The third-order valence-electron chi connectivity index (χ3n) is 12.7. The summed E-state index contributed by atoms with van der Waals surface area (Å²) in [5.74, 6) is 11.9. The second kappa shape index (κ2) is 15.4. The number of ether oxygens (including phenoxy) is 1. The van der Waals surface area contributed by atoms with E-state index in [1.165, 1.54) is 39.2 Å². The Balaban J connectivity index is 1.09. The zero-order valence-electron chi connectivity index (χ0n) is 34.7. The number of hydrogen-bond acceptors (Lipinski definition) is 15. The van der Waals surface area contributed by atoms with Crippen LogP contribution < -0.4 is 26.8 Å². The molecule has 4 aromatic heterocycles. The number of nitrogens with one attached hydrogen (secondary N) is 1. The Kier molecular flexibility index (Phi) is 9.97. The first-order chi connectivity index (χ1) is 29.8. The van der Waals surface area contributed by atoms with Gasteiger partial charge in [-0.05, 0) is 63.8 Å². The number of fused-ring (bicyclic) bond motifs is 8. The maximum atomic E-state index is 15.5. The normalized spacial score (nSPS) is 23.9. The summed E-state index contributed by atoms with van der Waals surface area (Å²) in [4.78, 5) is 45.1. The van der Waals surface area contributed by atoms with Crippen LogP contribution in [-0.2, 0) is 16.1 Å². The molecule has 3 fully saturated rings. The molecule has 2 unspecified atom stereocenters. The highest BCUT2D eigenvalue weighted by molar-refractivity contribution is 5.94. The Labute approximate surface area is 354 Å². The van der Waals surface area contributed by atoms with E-state index < -0.39 is 29.6 Å². The number of imidazole rings is 1. The Hall–Kier alpha value is -6.00. The molecular weight excluding hydrogens is 806 g/mol. The molecule has 62 heavy (non-hydrogen) atoms. The van der Waals surface area contributed by atoms with Crippen molar-refractivity contribution in [2.45, 2.75) is 82.4 Å². The second-order valence-corrected chi connectivity index (χ2v) is 16.7. The summed E-state index contributed by atoms with van der Waals surface area (Å²) < 4.78 is 54.5. The summed E-state index contributed by atoms with van der Waals surface area (Å²) in [6.07, 6.45) is 5.32. The number of amides is 1. The molecule has 10 rings (SSSR count). The third kappa shape index (κ3) is 6.83. The zero-order chi connectivity index (χ0) is 43.1. The molecule has 4 aliphatic rings. The van der Waals surface area contributed by atoms with Gasteiger partial charge in [-0.1, -0.05) is 0 Å². The quantitative estimate of drug-likeness (QED) is 0.156. The fourth-order valence-corrected chi connectivity index (χ4v) is 9.88.